The first-order valence-electron chi connectivity index (χ1n) is 15.4. The minimum absolute atomic E-state index is 0.0252. The van der Waals surface area contributed by atoms with E-state index in [0.29, 0.717) is 48.4 Å². The second-order valence-electron chi connectivity index (χ2n) is 13.8. The van der Waals surface area contributed by atoms with Gasteiger partial charge in [0.05, 0.1) is 10.6 Å². The zero-order valence-corrected chi connectivity index (χ0v) is 27.0. The Morgan fingerprint density at radius 2 is 1.82 bits per heavy atom. The van der Waals surface area contributed by atoms with Gasteiger partial charge < -0.3 is 29.4 Å². The van der Waals surface area contributed by atoms with E-state index in [9.17, 15) is 9.90 Å². The average molecular weight is 633 g/mol. The number of phenols is 1. The molecule has 3 heterocycles. The lowest BCUT2D eigenvalue weighted by atomic mass is 9.96. The number of rotatable bonds is 4. The zero-order chi connectivity index (χ0) is 31.8. The Hall–Kier alpha value is -3.89. The summed E-state index contributed by atoms with van der Waals surface area (Å²) in [6.45, 7) is 8.53. The molecule has 236 valence electrons. The molecule has 11 heteroatoms. The number of halogens is 2. The Morgan fingerprint density at radius 1 is 1.09 bits per heavy atom. The molecule has 1 aromatic heterocycles. The number of carbonyl (C=O) groups is 1. The number of nitrogens with zero attached hydrogens (tertiary/aromatic N) is 6. The molecule has 4 aromatic rings. The molecule has 1 saturated carbocycles. The number of aromatic hydroxyl groups is 1. The van der Waals surface area contributed by atoms with E-state index >= 15 is 4.39 Å². The molecule has 3 fully saturated rings. The number of piperazine rings is 1. The molecular formula is C34H38ClFN6O3. The first-order valence-corrected chi connectivity index (χ1v) is 15.8. The van der Waals surface area contributed by atoms with Crippen LogP contribution < -0.4 is 9.80 Å². The predicted octanol–water partition coefficient (Wildman–Crippen LogP) is 6.29. The van der Waals surface area contributed by atoms with Gasteiger partial charge >= 0.3 is 6.09 Å². The smallest absolute Gasteiger partial charge is 0.410 e. The maximum atomic E-state index is 17.0. The van der Waals surface area contributed by atoms with Crippen LogP contribution in [-0.4, -0.2) is 95.0 Å². The van der Waals surface area contributed by atoms with Gasteiger partial charge in [-0.15, -0.1) is 0 Å². The molecule has 9 nitrogen and oxygen atoms in total. The summed E-state index contributed by atoms with van der Waals surface area (Å²) in [6.07, 6.45) is 1.43. The molecule has 3 aliphatic rings. The van der Waals surface area contributed by atoms with Crippen molar-refractivity contribution < 1.29 is 19.0 Å². The Balaban J connectivity index is 1.36. The fourth-order valence-corrected chi connectivity index (χ4v) is 6.87. The predicted molar refractivity (Wildman–Crippen MR) is 176 cm³/mol. The second-order valence-corrected chi connectivity index (χ2v) is 14.2. The number of ether oxygens (including phenoxy) is 1. The van der Waals surface area contributed by atoms with E-state index in [2.05, 4.69) is 14.7 Å². The highest BCUT2D eigenvalue weighted by Crippen LogP contribution is 2.49. The number of likely N-dealkylation sites (N-methyl/N-ethyl adjacent to an activating group) is 1. The van der Waals surface area contributed by atoms with Crippen LogP contribution in [-0.2, 0) is 4.74 Å². The van der Waals surface area contributed by atoms with Crippen LogP contribution in [0, 0.1) is 5.82 Å². The molecular weight excluding hydrogens is 595 g/mol. The molecule has 0 radical (unpaired) electrons. The Kier molecular flexibility index (Phi) is 7.01. The van der Waals surface area contributed by atoms with Crippen LogP contribution in [0.3, 0.4) is 0 Å². The fourth-order valence-electron chi connectivity index (χ4n) is 6.57. The summed E-state index contributed by atoms with van der Waals surface area (Å²) in [7, 11) is 4.09. The minimum atomic E-state index is -0.586. The highest BCUT2D eigenvalue weighted by atomic mass is 35.5. The van der Waals surface area contributed by atoms with E-state index in [1.165, 1.54) is 0 Å². The largest absolute Gasteiger partial charge is 0.508 e. The lowest BCUT2D eigenvalue weighted by molar-refractivity contribution is 0.0205. The van der Waals surface area contributed by atoms with Crippen LogP contribution in [0.15, 0.2) is 42.5 Å². The fraction of sp³-hybridized carbons (Fsp3) is 0.441. The van der Waals surface area contributed by atoms with E-state index in [1.54, 1.807) is 23.1 Å². The van der Waals surface area contributed by atoms with Gasteiger partial charge in [-0.05, 0) is 82.2 Å². The van der Waals surface area contributed by atoms with Crippen LogP contribution in [0.2, 0.25) is 5.02 Å². The molecule has 1 spiro atoms. The van der Waals surface area contributed by atoms with Crippen LogP contribution in [0.4, 0.5) is 21.0 Å². The lowest BCUT2D eigenvalue weighted by Gasteiger charge is -2.45. The third kappa shape index (κ3) is 5.27. The molecule has 45 heavy (non-hydrogen) atoms. The number of benzene rings is 3. The van der Waals surface area contributed by atoms with E-state index in [0.717, 1.165) is 36.7 Å². The third-order valence-electron chi connectivity index (χ3n) is 9.23. The molecule has 3 aromatic carbocycles. The number of anilines is 2. The summed E-state index contributed by atoms with van der Waals surface area (Å²) in [6, 6.07) is 12.8. The highest BCUT2D eigenvalue weighted by molar-refractivity contribution is 6.35. The number of hydrogen-bond acceptors (Lipinski definition) is 8. The van der Waals surface area contributed by atoms with Crippen LogP contribution in [0.1, 0.15) is 33.6 Å². The van der Waals surface area contributed by atoms with Crippen molar-refractivity contribution in [1.29, 1.82) is 0 Å². The standard InChI is InChI=1S/C34H38ClFN6O3/c1-33(2,3)45-32(44)40-12-13-42(34(19-40)10-11-34)30-25-16-26(35)27(24-15-22(43)14-20-8-6-7-9-23(20)24)28(36)29(25)37-31(38-30)41-17-21(18-41)39(4)5/h6-9,14-16,21,43H,10-13,17-19H2,1-5H3. The molecule has 0 unspecified atom stereocenters. The van der Waals surface area contributed by atoms with Gasteiger partial charge in [0.1, 0.15) is 22.7 Å². The summed E-state index contributed by atoms with van der Waals surface area (Å²) >= 11 is 6.93. The summed E-state index contributed by atoms with van der Waals surface area (Å²) in [5.41, 5.74) is -0.0364. The van der Waals surface area contributed by atoms with Crippen molar-refractivity contribution in [3.63, 3.8) is 0 Å². The molecule has 0 atom stereocenters. The van der Waals surface area contributed by atoms with Crippen molar-refractivity contribution in [2.45, 2.75) is 50.8 Å². The topological polar surface area (TPSA) is 85.3 Å². The maximum absolute atomic E-state index is 17.0. The van der Waals surface area contributed by atoms with Crippen LogP contribution >= 0.6 is 11.6 Å². The van der Waals surface area contributed by atoms with Gasteiger partial charge in [0.2, 0.25) is 5.95 Å². The van der Waals surface area contributed by atoms with E-state index < -0.39 is 11.4 Å². The van der Waals surface area contributed by atoms with Crippen molar-refractivity contribution in [1.82, 2.24) is 19.8 Å². The molecule has 2 aliphatic heterocycles. The third-order valence-corrected chi connectivity index (χ3v) is 9.53. The molecule has 1 N–H and O–H groups in total. The number of fused-ring (bicyclic) bond motifs is 2. The van der Waals surface area contributed by atoms with E-state index in [-0.39, 0.29) is 33.5 Å². The minimum Gasteiger partial charge on any atom is -0.508 e. The summed E-state index contributed by atoms with van der Waals surface area (Å²) in [4.78, 5) is 31.1. The quantitative estimate of drug-likeness (QED) is 0.281. The molecule has 7 rings (SSSR count). The Morgan fingerprint density at radius 3 is 2.51 bits per heavy atom. The normalized spacial score (nSPS) is 18.3. The monoisotopic (exact) mass is 632 g/mol. The van der Waals surface area contributed by atoms with Gasteiger partial charge in [-0.3, -0.25) is 0 Å². The number of aromatic nitrogens is 2. The molecule has 1 aliphatic carbocycles. The molecule has 0 bridgehead atoms. The summed E-state index contributed by atoms with van der Waals surface area (Å²) < 4.78 is 22.6. The first-order chi connectivity index (χ1) is 21.3. The van der Waals surface area contributed by atoms with Crippen molar-refractivity contribution in [2.24, 2.45) is 0 Å². The van der Waals surface area contributed by atoms with Crippen molar-refractivity contribution in [3.05, 3.63) is 53.3 Å². The van der Waals surface area contributed by atoms with Crippen LogP contribution in [0.5, 0.6) is 5.75 Å². The molecule has 2 saturated heterocycles. The van der Waals surface area contributed by atoms with Gasteiger partial charge in [0.25, 0.3) is 0 Å². The van der Waals surface area contributed by atoms with Crippen molar-refractivity contribution in [2.75, 3.05) is 56.6 Å². The number of amides is 1. The molecule has 1 amide bonds. The Labute approximate surface area is 267 Å². The van der Waals surface area contributed by atoms with Gasteiger partial charge in [0, 0.05) is 49.7 Å². The summed E-state index contributed by atoms with van der Waals surface area (Å²) in [5, 5.41) is 12.8. The second kappa shape index (κ2) is 10.6. The zero-order valence-electron chi connectivity index (χ0n) is 26.3. The summed E-state index contributed by atoms with van der Waals surface area (Å²) in [5.74, 6) is 0.559. The number of phenolic OH excluding ortho intramolecular Hbond substituents is 1. The van der Waals surface area contributed by atoms with Crippen molar-refractivity contribution >= 4 is 51.1 Å². The maximum Gasteiger partial charge on any atom is 0.410 e. The number of carbonyl (C=O) groups excluding carboxylic acids is 1. The van der Waals surface area contributed by atoms with Gasteiger partial charge in [-0.1, -0.05) is 35.9 Å². The highest BCUT2D eigenvalue weighted by Gasteiger charge is 2.54. The Bertz CT molecular complexity index is 1830. The lowest BCUT2D eigenvalue weighted by Crippen LogP contribution is -2.59. The van der Waals surface area contributed by atoms with E-state index in [4.69, 9.17) is 26.3 Å². The average Bonchev–Trinajstić information content (AvgIpc) is 3.70. The van der Waals surface area contributed by atoms with Gasteiger partial charge in [-0.2, -0.15) is 4.98 Å². The first kappa shape index (κ1) is 29.8. The van der Waals surface area contributed by atoms with E-state index in [1.807, 2.05) is 59.1 Å². The van der Waals surface area contributed by atoms with Gasteiger partial charge in [0.15, 0.2) is 5.82 Å². The van der Waals surface area contributed by atoms with Crippen molar-refractivity contribution in [3.8, 4) is 16.9 Å². The number of hydrogen-bond donors (Lipinski definition) is 1. The SMILES string of the molecule is CN(C)C1CN(c2nc(N3CCN(C(=O)OC(C)(C)C)CC34CC4)c3cc(Cl)c(-c4cc(O)cc5ccccc45)c(F)c3n2)C1. The van der Waals surface area contributed by atoms with Gasteiger partial charge in [-0.25, -0.2) is 14.2 Å². The van der Waals surface area contributed by atoms with Crippen LogP contribution in [0.25, 0.3) is 32.8 Å².